The van der Waals surface area contributed by atoms with Crippen LogP contribution in [0, 0.1) is 0 Å². The molecule has 1 unspecified atom stereocenters. The van der Waals surface area contributed by atoms with Crippen molar-refractivity contribution < 1.29 is 0 Å². The second-order valence-electron chi connectivity index (χ2n) is 9.18. The Morgan fingerprint density at radius 1 is 0.595 bits per heavy atom. The molecule has 0 bridgehead atoms. The summed E-state index contributed by atoms with van der Waals surface area (Å²) in [5.41, 5.74) is 6.00. The largest absolute Gasteiger partial charge is 0.259 e. The molecule has 0 N–H and O–H groups in total. The molecule has 4 heteroatoms. The van der Waals surface area contributed by atoms with Crippen molar-refractivity contribution in [1.82, 2.24) is 19.9 Å². The van der Waals surface area contributed by atoms with Crippen LogP contribution in [0.1, 0.15) is 65.7 Å². The topological polar surface area (TPSA) is 51.6 Å². The van der Waals surface area contributed by atoms with Gasteiger partial charge in [-0.2, -0.15) is 0 Å². The minimum absolute atomic E-state index is 0.576. The summed E-state index contributed by atoms with van der Waals surface area (Å²) in [6, 6.07) is 30.7. The lowest BCUT2D eigenvalue weighted by atomic mass is 9.73. The Morgan fingerprint density at radius 3 is 1.51 bits per heavy atom. The SMILES string of the molecule is CCC(C)c1ccc(/C=C/c2ccc(C(c3ccccn3)(c3ccccn3)c3ccccn3)nc2)cc1. The molecule has 0 aliphatic heterocycles. The molecular formula is C33H30N4. The number of pyridine rings is 4. The third-order valence-corrected chi connectivity index (χ3v) is 6.90. The van der Waals surface area contributed by atoms with Crippen LogP contribution in [0.3, 0.4) is 0 Å². The van der Waals surface area contributed by atoms with E-state index in [0.29, 0.717) is 5.92 Å². The first-order chi connectivity index (χ1) is 18.2. The molecule has 0 aliphatic rings. The number of hydrogen-bond donors (Lipinski definition) is 0. The summed E-state index contributed by atoms with van der Waals surface area (Å²) >= 11 is 0. The Hall–Kier alpha value is -4.44. The molecule has 37 heavy (non-hydrogen) atoms. The Morgan fingerprint density at radius 2 is 1.08 bits per heavy atom. The van der Waals surface area contributed by atoms with Gasteiger partial charge in [0.25, 0.3) is 0 Å². The fraction of sp³-hybridized carbons (Fsp3) is 0.152. The third kappa shape index (κ3) is 4.96. The summed E-state index contributed by atoms with van der Waals surface area (Å²) in [6.45, 7) is 4.48. The van der Waals surface area contributed by atoms with Crippen molar-refractivity contribution in [2.75, 3.05) is 0 Å². The van der Waals surface area contributed by atoms with Gasteiger partial charge in [0.1, 0.15) is 5.41 Å². The van der Waals surface area contributed by atoms with E-state index >= 15 is 0 Å². The smallest absolute Gasteiger partial charge is 0.138 e. The molecule has 0 spiro atoms. The molecule has 0 saturated heterocycles. The summed E-state index contributed by atoms with van der Waals surface area (Å²) in [4.78, 5) is 19.3. The average Bonchev–Trinajstić information content (AvgIpc) is 2.99. The van der Waals surface area contributed by atoms with Crippen molar-refractivity contribution in [3.63, 3.8) is 0 Å². The first-order valence-electron chi connectivity index (χ1n) is 12.7. The number of aromatic nitrogens is 4. The van der Waals surface area contributed by atoms with Crippen LogP contribution in [-0.2, 0) is 5.41 Å². The summed E-state index contributed by atoms with van der Waals surface area (Å²) in [5, 5.41) is 0. The van der Waals surface area contributed by atoms with Crippen LogP contribution in [0.5, 0.6) is 0 Å². The van der Waals surface area contributed by atoms with E-state index in [9.17, 15) is 0 Å². The van der Waals surface area contributed by atoms with Gasteiger partial charge in [-0.05, 0) is 71.5 Å². The molecule has 0 amide bonds. The van der Waals surface area contributed by atoms with Crippen LogP contribution in [0.15, 0.2) is 116 Å². The molecule has 182 valence electrons. The number of nitrogens with zero attached hydrogens (tertiary/aromatic N) is 4. The van der Waals surface area contributed by atoms with Crippen molar-refractivity contribution in [3.8, 4) is 0 Å². The lowest BCUT2D eigenvalue weighted by Gasteiger charge is -2.32. The van der Waals surface area contributed by atoms with Gasteiger partial charge in [0, 0.05) is 24.8 Å². The highest BCUT2D eigenvalue weighted by Crippen LogP contribution is 2.41. The van der Waals surface area contributed by atoms with Crippen LogP contribution < -0.4 is 0 Å². The van der Waals surface area contributed by atoms with Crippen LogP contribution in [0.25, 0.3) is 12.2 Å². The van der Waals surface area contributed by atoms with Crippen molar-refractivity contribution in [1.29, 1.82) is 0 Å². The number of hydrogen-bond acceptors (Lipinski definition) is 4. The molecule has 5 aromatic rings. The van der Waals surface area contributed by atoms with E-state index in [0.717, 1.165) is 34.8 Å². The summed E-state index contributed by atoms with van der Waals surface area (Å²) in [6.07, 6.45) is 12.7. The molecule has 0 fully saturated rings. The lowest BCUT2D eigenvalue weighted by molar-refractivity contribution is 0.641. The van der Waals surface area contributed by atoms with Gasteiger partial charge in [0.05, 0.1) is 22.8 Å². The van der Waals surface area contributed by atoms with E-state index in [-0.39, 0.29) is 0 Å². The van der Waals surface area contributed by atoms with Gasteiger partial charge in [-0.15, -0.1) is 0 Å². The molecule has 0 radical (unpaired) electrons. The van der Waals surface area contributed by atoms with E-state index in [1.807, 2.05) is 60.8 Å². The maximum absolute atomic E-state index is 4.97. The summed E-state index contributed by atoms with van der Waals surface area (Å²) in [7, 11) is 0. The van der Waals surface area contributed by atoms with Gasteiger partial charge in [-0.1, -0.05) is 74.5 Å². The van der Waals surface area contributed by atoms with Gasteiger partial charge < -0.3 is 0 Å². The van der Waals surface area contributed by atoms with Gasteiger partial charge in [-0.3, -0.25) is 19.9 Å². The second-order valence-corrected chi connectivity index (χ2v) is 9.18. The highest BCUT2D eigenvalue weighted by Gasteiger charge is 2.43. The zero-order valence-electron chi connectivity index (χ0n) is 21.2. The first kappa shape index (κ1) is 24.3. The van der Waals surface area contributed by atoms with Crippen LogP contribution in [0.2, 0.25) is 0 Å². The average molecular weight is 483 g/mol. The van der Waals surface area contributed by atoms with E-state index < -0.39 is 5.41 Å². The fourth-order valence-corrected chi connectivity index (χ4v) is 4.63. The molecule has 1 atom stereocenters. The normalized spacial score (nSPS) is 12.5. The molecule has 0 aliphatic carbocycles. The predicted molar refractivity (Wildman–Crippen MR) is 150 cm³/mol. The highest BCUT2D eigenvalue weighted by molar-refractivity contribution is 5.69. The van der Waals surface area contributed by atoms with E-state index in [2.05, 4.69) is 62.4 Å². The predicted octanol–water partition coefficient (Wildman–Crippen LogP) is 7.33. The zero-order chi connectivity index (χ0) is 25.5. The van der Waals surface area contributed by atoms with Crippen molar-refractivity contribution in [2.24, 2.45) is 0 Å². The summed E-state index contributed by atoms with van der Waals surface area (Å²) < 4.78 is 0. The van der Waals surface area contributed by atoms with Gasteiger partial charge in [-0.25, -0.2) is 0 Å². The van der Waals surface area contributed by atoms with E-state index in [4.69, 9.17) is 19.9 Å². The van der Waals surface area contributed by atoms with E-state index in [1.165, 1.54) is 11.1 Å². The third-order valence-electron chi connectivity index (χ3n) is 6.90. The lowest BCUT2D eigenvalue weighted by Crippen LogP contribution is -2.35. The quantitative estimate of drug-likeness (QED) is 0.232. The minimum Gasteiger partial charge on any atom is -0.259 e. The van der Waals surface area contributed by atoms with Crippen molar-refractivity contribution in [2.45, 2.75) is 31.6 Å². The molecule has 4 aromatic heterocycles. The molecule has 1 aromatic carbocycles. The van der Waals surface area contributed by atoms with Gasteiger partial charge in [0.2, 0.25) is 0 Å². The molecular weight excluding hydrogens is 452 g/mol. The van der Waals surface area contributed by atoms with Crippen LogP contribution in [-0.4, -0.2) is 19.9 Å². The fourth-order valence-electron chi connectivity index (χ4n) is 4.63. The Balaban J connectivity index is 1.56. The Labute approximate surface area is 218 Å². The van der Waals surface area contributed by atoms with Gasteiger partial charge in [0.15, 0.2) is 0 Å². The maximum Gasteiger partial charge on any atom is 0.138 e. The highest BCUT2D eigenvalue weighted by atomic mass is 14.9. The van der Waals surface area contributed by atoms with Crippen molar-refractivity contribution in [3.05, 3.63) is 155 Å². The standard InChI is InChI=1S/C33H30N4/c1-3-25(2)28-18-15-26(16-19-28)13-14-27-17-20-32(37-24-27)33(29-10-4-7-21-34-29,30-11-5-8-22-35-30)31-12-6-9-23-36-31/h4-25H,3H2,1-2H3/b14-13+. The molecule has 5 rings (SSSR count). The Kier molecular flexibility index (Phi) is 7.27. The van der Waals surface area contributed by atoms with Crippen molar-refractivity contribution >= 4 is 12.2 Å². The maximum atomic E-state index is 4.97. The molecule has 0 saturated carbocycles. The van der Waals surface area contributed by atoms with Crippen LogP contribution in [0.4, 0.5) is 0 Å². The molecule has 4 heterocycles. The first-order valence-corrected chi connectivity index (χ1v) is 12.7. The minimum atomic E-state index is -0.849. The summed E-state index contributed by atoms with van der Waals surface area (Å²) in [5.74, 6) is 0.576. The zero-order valence-corrected chi connectivity index (χ0v) is 21.2. The number of rotatable bonds is 8. The van der Waals surface area contributed by atoms with Gasteiger partial charge >= 0.3 is 0 Å². The number of benzene rings is 1. The molecule has 4 nitrogen and oxygen atoms in total. The van der Waals surface area contributed by atoms with E-state index in [1.54, 1.807) is 18.6 Å². The monoisotopic (exact) mass is 482 g/mol. The second kappa shape index (κ2) is 11.1. The van der Waals surface area contributed by atoms with Crippen LogP contribution >= 0.6 is 0 Å². The Bertz CT molecular complexity index is 1330.